The molecule has 8 heteroatoms. The molecule has 0 amide bonds. The van der Waals surface area contributed by atoms with Gasteiger partial charge in [0.15, 0.2) is 0 Å². The van der Waals surface area contributed by atoms with Gasteiger partial charge >= 0.3 is 57.4 Å². The monoisotopic (exact) mass is 298 g/mol. The topological polar surface area (TPSA) is 93.1 Å². The molecule has 1 atom stereocenters. The van der Waals surface area contributed by atoms with Gasteiger partial charge in [-0.15, -0.1) is 0 Å². The maximum atomic E-state index is 10.8. The second-order valence-electron chi connectivity index (χ2n) is 4.32. The largest absolute Gasteiger partial charge is 1.00 e. The molecular formula is C11H19KN2O5. The van der Waals surface area contributed by atoms with Crippen LogP contribution in [0.15, 0.2) is 0 Å². The second kappa shape index (κ2) is 10.2. The van der Waals surface area contributed by atoms with Crippen molar-refractivity contribution < 1.29 is 75.9 Å². The third-order valence-corrected chi connectivity index (χ3v) is 3.08. The molecule has 0 aromatic rings. The quantitative estimate of drug-likeness (QED) is 0.371. The molecule has 0 aliphatic carbocycles. The van der Waals surface area contributed by atoms with Crippen LogP contribution in [0.25, 0.3) is 0 Å². The molecule has 1 fully saturated rings. The Bertz CT molecular complexity index is 295. The van der Waals surface area contributed by atoms with E-state index in [1.165, 1.54) is 0 Å². The minimum atomic E-state index is -1.21. The number of rotatable bonds is 7. The minimum Gasteiger partial charge on any atom is -0.548 e. The van der Waals surface area contributed by atoms with Crippen LogP contribution in [0.5, 0.6) is 0 Å². The third kappa shape index (κ3) is 7.71. The number of hydrogen-bond donors (Lipinski definition) is 1. The zero-order valence-electron chi connectivity index (χ0n) is 11.5. The van der Waals surface area contributed by atoms with Gasteiger partial charge in [-0.25, -0.2) is 0 Å². The molecule has 1 N–H and O–H groups in total. The van der Waals surface area contributed by atoms with E-state index in [1.54, 1.807) is 6.92 Å². The first-order chi connectivity index (χ1) is 8.50. The summed E-state index contributed by atoms with van der Waals surface area (Å²) < 4.78 is 4.90. The Labute approximate surface area is 155 Å². The van der Waals surface area contributed by atoms with Crippen molar-refractivity contribution in [3.05, 3.63) is 0 Å². The van der Waals surface area contributed by atoms with Crippen molar-refractivity contribution in [2.45, 2.75) is 13.0 Å². The van der Waals surface area contributed by atoms with Crippen LogP contribution in [0.3, 0.4) is 0 Å². The SMILES string of the molecule is CC(C(=O)O)N1CCN(CCOCC(=O)[O-])CC1.[K+]. The van der Waals surface area contributed by atoms with Gasteiger partial charge in [0.05, 0.1) is 19.2 Å². The van der Waals surface area contributed by atoms with Gasteiger partial charge in [-0.05, 0) is 6.92 Å². The summed E-state index contributed by atoms with van der Waals surface area (Å²) in [7, 11) is 0. The first-order valence-electron chi connectivity index (χ1n) is 5.97. The Morgan fingerprint density at radius 2 is 1.89 bits per heavy atom. The van der Waals surface area contributed by atoms with Crippen LogP contribution in [0.4, 0.5) is 0 Å². The second-order valence-corrected chi connectivity index (χ2v) is 4.32. The Hall–Kier alpha value is 0.456. The summed E-state index contributed by atoms with van der Waals surface area (Å²) in [6.07, 6.45) is 0. The van der Waals surface area contributed by atoms with E-state index in [0.29, 0.717) is 26.2 Å². The molecule has 7 nitrogen and oxygen atoms in total. The maximum absolute atomic E-state index is 10.8. The number of hydrogen-bond acceptors (Lipinski definition) is 6. The van der Waals surface area contributed by atoms with Crippen LogP contribution >= 0.6 is 0 Å². The van der Waals surface area contributed by atoms with E-state index < -0.39 is 18.0 Å². The van der Waals surface area contributed by atoms with Crippen molar-refractivity contribution >= 4 is 11.9 Å². The number of ether oxygens (including phenoxy) is 1. The maximum Gasteiger partial charge on any atom is 1.00 e. The number of nitrogens with zero attached hydrogens (tertiary/aromatic N) is 2. The molecule has 0 aromatic heterocycles. The van der Waals surface area contributed by atoms with Crippen LogP contribution in [-0.2, 0) is 14.3 Å². The average Bonchev–Trinajstić information content (AvgIpc) is 2.34. The summed E-state index contributed by atoms with van der Waals surface area (Å²) in [5, 5.41) is 19.0. The van der Waals surface area contributed by atoms with Gasteiger partial charge in [0.2, 0.25) is 0 Å². The van der Waals surface area contributed by atoms with Crippen molar-refractivity contribution in [2.24, 2.45) is 0 Å². The number of carboxylic acid groups (broad SMARTS) is 2. The van der Waals surface area contributed by atoms with E-state index in [4.69, 9.17) is 9.84 Å². The standard InChI is InChI=1S/C11H20N2O5.K/c1-9(11(16)17)13-4-2-12(3-5-13)6-7-18-8-10(14)15;/h9H,2-8H2,1H3,(H,14,15)(H,16,17);/q;+1/p-1. The normalized spacial score (nSPS) is 18.6. The van der Waals surface area contributed by atoms with Gasteiger partial charge in [-0.3, -0.25) is 14.6 Å². The Kier molecular flexibility index (Phi) is 10.5. The summed E-state index contributed by atoms with van der Waals surface area (Å²) in [6, 6.07) is -0.457. The van der Waals surface area contributed by atoms with E-state index in [2.05, 4.69) is 4.90 Å². The summed E-state index contributed by atoms with van der Waals surface area (Å²) in [4.78, 5) is 25.0. The number of carboxylic acids is 2. The van der Waals surface area contributed by atoms with Crippen LogP contribution in [-0.4, -0.2) is 78.8 Å². The predicted octanol–water partition coefficient (Wildman–Crippen LogP) is -5.15. The van der Waals surface area contributed by atoms with Crippen molar-refractivity contribution in [3.8, 4) is 0 Å². The summed E-state index contributed by atoms with van der Waals surface area (Å²) >= 11 is 0. The smallest absolute Gasteiger partial charge is 0.548 e. The molecule has 0 saturated carbocycles. The van der Waals surface area contributed by atoms with Gasteiger partial charge in [0.1, 0.15) is 6.04 Å². The van der Waals surface area contributed by atoms with Crippen LogP contribution in [0.1, 0.15) is 6.92 Å². The first-order valence-corrected chi connectivity index (χ1v) is 5.97. The fourth-order valence-corrected chi connectivity index (χ4v) is 1.88. The van der Waals surface area contributed by atoms with Crippen molar-refractivity contribution in [2.75, 3.05) is 45.9 Å². The van der Waals surface area contributed by atoms with Crippen molar-refractivity contribution in [1.82, 2.24) is 9.80 Å². The Balaban J connectivity index is 0.00000324. The van der Waals surface area contributed by atoms with Crippen LogP contribution < -0.4 is 56.5 Å². The van der Waals surface area contributed by atoms with Gasteiger partial charge in [-0.2, -0.15) is 0 Å². The molecule has 0 aromatic carbocycles. The van der Waals surface area contributed by atoms with E-state index in [9.17, 15) is 14.7 Å². The number of aliphatic carboxylic acids is 2. The predicted molar refractivity (Wildman–Crippen MR) is 60.9 cm³/mol. The van der Waals surface area contributed by atoms with Gasteiger partial charge in [-0.1, -0.05) is 0 Å². The summed E-state index contributed by atoms with van der Waals surface area (Å²) in [5.41, 5.74) is 0. The van der Waals surface area contributed by atoms with E-state index in [0.717, 1.165) is 13.1 Å². The molecule has 0 spiro atoms. The zero-order valence-corrected chi connectivity index (χ0v) is 14.6. The minimum absolute atomic E-state index is 0. The zero-order chi connectivity index (χ0) is 13.5. The molecular weight excluding hydrogens is 279 g/mol. The first kappa shape index (κ1) is 19.5. The molecule has 19 heavy (non-hydrogen) atoms. The van der Waals surface area contributed by atoms with Crippen LogP contribution in [0.2, 0.25) is 0 Å². The Morgan fingerprint density at radius 3 is 2.37 bits per heavy atom. The fourth-order valence-electron chi connectivity index (χ4n) is 1.88. The Morgan fingerprint density at radius 1 is 1.32 bits per heavy atom. The molecule has 1 unspecified atom stereocenters. The summed E-state index contributed by atoms with van der Waals surface area (Å²) in [5.74, 6) is -2.02. The molecule has 0 radical (unpaired) electrons. The van der Waals surface area contributed by atoms with E-state index >= 15 is 0 Å². The van der Waals surface area contributed by atoms with Crippen molar-refractivity contribution in [1.29, 1.82) is 0 Å². The summed E-state index contributed by atoms with van der Waals surface area (Å²) in [6.45, 7) is 5.25. The molecule has 1 aliphatic rings. The van der Waals surface area contributed by atoms with Gasteiger partial charge in [0.25, 0.3) is 0 Å². The fraction of sp³-hybridized carbons (Fsp3) is 0.818. The number of piperazine rings is 1. The van der Waals surface area contributed by atoms with E-state index in [-0.39, 0.29) is 58.0 Å². The third-order valence-electron chi connectivity index (χ3n) is 3.08. The van der Waals surface area contributed by atoms with Gasteiger partial charge in [0, 0.05) is 32.7 Å². The molecule has 1 rings (SSSR count). The number of carbonyl (C=O) groups is 2. The average molecular weight is 298 g/mol. The van der Waals surface area contributed by atoms with Gasteiger partial charge < -0.3 is 19.7 Å². The van der Waals surface area contributed by atoms with E-state index in [1.807, 2.05) is 4.90 Å². The molecule has 1 aliphatic heterocycles. The molecule has 1 saturated heterocycles. The van der Waals surface area contributed by atoms with Crippen LogP contribution in [0, 0.1) is 0 Å². The number of carbonyl (C=O) groups excluding carboxylic acids is 1. The molecule has 0 bridgehead atoms. The molecule has 1 heterocycles. The van der Waals surface area contributed by atoms with Crippen molar-refractivity contribution in [3.63, 3.8) is 0 Å². The molecule has 104 valence electrons.